The predicted molar refractivity (Wildman–Crippen MR) is 166 cm³/mol. The van der Waals surface area contributed by atoms with Crippen molar-refractivity contribution in [2.75, 3.05) is 0 Å². The second-order valence-electron chi connectivity index (χ2n) is 10.00. The van der Waals surface area contributed by atoms with Crippen LogP contribution in [0.3, 0.4) is 0 Å². The van der Waals surface area contributed by atoms with E-state index in [1.54, 1.807) is 12.1 Å². The molecule has 4 heteroatoms. The van der Waals surface area contributed by atoms with Gasteiger partial charge in [0.1, 0.15) is 5.82 Å². The van der Waals surface area contributed by atoms with E-state index in [1.807, 2.05) is 17.4 Å². The van der Waals surface area contributed by atoms with Crippen molar-refractivity contribution in [3.8, 4) is 33.6 Å². The molecule has 0 aliphatic rings. The van der Waals surface area contributed by atoms with Crippen LogP contribution in [-0.4, -0.2) is 9.97 Å². The Bertz CT molecular complexity index is 2210. The fourth-order valence-corrected chi connectivity index (χ4v) is 6.54. The highest BCUT2D eigenvalue weighted by Crippen LogP contribution is 2.37. The molecule has 0 N–H and O–H groups in total. The van der Waals surface area contributed by atoms with Gasteiger partial charge in [-0.1, -0.05) is 72.8 Å². The van der Waals surface area contributed by atoms with E-state index in [2.05, 4.69) is 97.1 Å². The lowest BCUT2D eigenvalue weighted by Gasteiger charge is -2.09. The lowest BCUT2D eigenvalue weighted by molar-refractivity contribution is 0.628. The van der Waals surface area contributed by atoms with Crippen molar-refractivity contribution in [1.82, 2.24) is 9.97 Å². The smallest absolute Gasteiger partial charge is 0.123 e. The third-order valence-corrected chi connectivity index (χ3v) is 8.70. The number of halogens is 1. The van der Waals surface area contributed by atoms with Crippen LogP contribution >= 0.6 is 11.3 Å². The summed E-state index contributed by atoms with van der Waals surface area (Å²) >= 11 is 1.84. The van der Waals surface area contributed by atoms with Crippen LogP contribution in [0, 0.1) is 5.82 Å². The van der Waals surface area contributed by atoms with Gasteiger partial charge < -0.3 is 0 Å². The molecule has 5 aromatic carbocycles. The third-order valence-electron chi connectivity index (χ3n) is 7.55. The topological polar surface area (TPSA) is 25.8 Å². The molecular formula is C36H21FN2S. The fourth-order valence-electron chi connectivity index (χ4n) is 5.45. The highest BCUT2D eigenvalue weighted by molar-refractivity contribution is 7.25. The molecule has 0 amide bonds. The van der Waals surface area contributed by atoms with Gasteiger partial charge in [-0.2, -0.15) is 0 Å². The summed E-state index contributed by atoms with van der Waals surface area (Å²) in [6.45, 7) is 0. The van der Waals surface area contributed by atoms with Crippen LogP contribution in [-0.2, 0) is 0 Å². The first-order chi connectivity index (χ1) is 19.7. The fraction of sp³-hybridized carbons (Fsp3) is 0. The molecule has 8 rings (SSSR count). The van der Waals surface area contributed by atoms with E-state index in [1.165, 1.54) is 43.4 Å². The molecule has 0 spiro atoms. The summed E-state index contributed by atoms with van der Waals surface area (Å²) in [5, 5.41) is 4.67. The van der Waals surface area contributed by atoms with Crippen molar-refractivity contribution in [2.24, 2.45) is 0 Å². The molecule has 188 valence electrons. The summed E-state index contributed by atoms with van der Waals surface area (Å²) in [5.41, 5.74) is 7.72. The van der Waals surface area contributed by atoms with E-state index in [9.17, 15) is 4.39 Å². The van der Waals surface area contributed by atoms with Crippen molar-refractivity contribution < 1.29 is 4.39 Å². The maximum Gasteiger partial charge on any atom is 0.123 e. The van der Waals surface area contributed by atoms with Gasteiger partial charge in [-0.25, -0.2) is 14.4 Å². The summed E-state index contributed by atoms with van der Waals surface area (Å²) in [7, 11) is 0. The zero-order valence-corrected chi connectivity index (χ0v) is 22.1. The maximum absolute atomic E-state index is 13.5. The van der Waals surface area contributed by atoms with Crippen molar-refractivity contribution in [2.45, 2.75) is 0 Å². The molecule has 0 bridgehead atoms. The Morgan fingerprint density at radius 3 is 1.65 bits per heavy atom. The standard InChI is InChI=1S/C36H21FN2S/c37-28-16-11-24(12-17-28)32-19-14-26-10-9-25-13-18-31(38-35(25)36(26)39-32)23-7-5-22(6-8-23)27-15-20-34-30(21-27)29-3-1-2-4-33(29)40-34/h1-21H. The Labute approximate surface area is 234 Å². The second kappa shape index (κ2) is 9.08. The summed E-state index contributed by atoms with van der Waals surface area (Å²) in [6.07, 6.45) is 0. The van der Waals surface area contributed by atoms with Crippen molar-refractivity contribution in [3.63, 3.8) is 0 Å². The minimum absolute atomic E-state index is 0.257. The number of rotatable bonds is 3. The number of nitrogens with zero attached hydrogens (tertiary/aromatic N) is 2. The molecule has 3 aromatic heterocycles. The van der Waals surface area contributed by atoms with Crippen LogP contribution < -0.4 is 0 Å². The SMILES string of the molecule is Fc1ccc(-c2ccc3ccc4ccc(-c5ccc(-c6ccc7sc8ccccc8c7c6)cc5)nc4c3n2)cc1. The van der Waals surface area contributed by atoms with E-state index in [-0.39, 0.29) is 5.82 Å². The Balaban J connectivity index is 1.19. The molecule has 0 saturated heterocycles. The average molecular weight is 533 g/mol. The van der Waals surface area contributed by atoms with E-state index >= 15 is 0 Å². The van der Waals surface area contributed by atoms with Gasteiger partial charge in [-0.15, -0.1) is 11.3 Å². The zero-order chi connectivity index (χ0) is 26.6. The highest BCUT2D eigenvalue weighted by atomic mass is 32.1. The molecule has 0 atom stereocenters. The quantitative estimate of drug-likeness (QED) is 0.212. The zero-order valence-electron chi connectivity index (χ0n) is 21.3. The highest BCUT2D eigenvalue weighted by Gasteiger charge is 2.10. The summed E-state index contributed by atoms with van der Waals surface area (Å²) in [6, 6.07) is 42.7. The minimum atomic E-state index is -0.257. The van der Waals surface area contributed by atoms with Gasteiger partial charge in [0.05, 0.1) is 22.4 Å². The van der Waals surface area contributed by atoms with Gasteiger partial charge in [0.2, 0.25) is 0 Å². The summed E-state index contributed by atoms with van der Waals surface area (Å²) in [5.74, 6) is -0.257. The van der Waals surface area contributed by atoms with Crippen LogP contribution in [0.25, 0.3) is 75.6 Å². The van der Waals surface area contributed by atoms with Crippen LogP contribution in [0.1, 0.15) is 0 Å². The summed E-state index contributed by atoms with van der Waals surface area (Å²) < 4.78 is 16.1. The van der Waals surface area contributed by atoms with E-state index in [0.717, 1.165) is 44.3 Å². The van der Waals surface area contributed by atoms with Crippen molar-refractivity contribution >= 4 is 53.3 Å². The first-order valence-electron chi connectivity index (χ1n) is 13.2. The van der Waals surface area contributed by atoms with Gasteiger partial charge in [0, 0.05) is 42.1 Å². The van der Waals surface area contributed by atoms with E-state index in [4.69, 9.17) is 9.97 Å². The van der Waals surface area contributed by atoms with Gasteiger partial charge in [-0.05, 0) is 65.7 Å². The normalized spacial score (nSPS) is 11.6. The van der Waals surface area contributed by atoms with Gasteiger partial charge in [0.15, 0.2) is 0 Å². The molecule has 0 aliphatic heterocycles. The molecule has 0 unspecified atom stereocenters. The van der Waals surface area contributed by atoms with E-state index in [0.29, 0.717) is 0 Å². The number of hydrogen-bond donors (Lipinski definition) is 0. The average Bonchev–Trinajstić information content (AvgIpc) is 3.39. The summed E-state index contributed by atoms with van der Waals surface area (Å²) in [4.78, 5) is 10.0. The van der Waals surface area contributed by atoms with Crippen LogP contribution in [0.15, 0.2) is 127 Å². The van der Waals surface area contributed by atoms with Gasteiger partial charge in [0.25, 0.3) is 0 Å². The molecule has 2 nitrogen and oxygen atoms in total. The Morgan fingerprint density at radius 2 is 0.975 bits per heavy atom. The lowest BCUT2D eigenvalue weighted by atomic mass is 10.0. The molecule has 3 heterocycles. The van der Waals surface area contributed by atoms with Crippen LogP contribution in [0.2, 0.25) is 0 Å². The number of hydrogen-bond acceptors (Lipinski definition) is 3. The largest absolute Gasteiger partial charge is 0.245 e. The number of pyridine rings is 2. The molecule has 0 radical (unpaired) electrons. The molecular weight excluding hydrogens is 511 g/mol. The van der Waals surface area contributed by atoms with Gasteiger partial charge >= 0.3 is 0 Å². The van der Waals surface area contributed by atoms with Gasteiger partial charge in [-0.3, -0.25) is 0 Å². The second-order valence-corrected chi connectivity index (χ2v) is 11.1. The third kappa shape index (κ3) is 3.84. The minimum Gasteiger partial charge on any atom is -0.245 e. The number of fused-ring (bicyclic) bond motifs is 6. The van der Waals surface area contributed by atoms with Crippen LogP contribution in [0.4, 0.5) is 4.39 Å². The monoisotopic (exact) mass is 532 g/mol. The lowest BCUT2D eigenvalue weighted by Crippen LogP contribution is -1.91. The number of benzene rings is 5. The maximum atomic E-state index is 13.5. The molecule has 8 aromatic rings. The van der Waals surface area contributed by atoms with Crippen molar-refractivity contribution in [3.05, 3.63) is 133 Å². The van der Waals surface area contributed by atoms with Crippen LogP contribution in [0.5, 0.6) is 0 Å². The first-order valence-corrected chi connectivity index (χ1v) is 14.0. The molecule has 40 heavy (non-hydrogen) atoms. The predicted octanol–water partition coefficient (Wildman–Crippen LogP) is 10.3. The Hall–Kier alpha value is -4.93. The van der Waals surface area contributed by atoms with E-state index < -0.39 is 0 Å². The molecule has 0 aliphatic carbocycles. The first kappa shape index (κ1) is 23.0. The Kier molecular flexibility index (Phi) is 5.22. The number of aromatic nitrogens is 2. The molecule has 0 saturated carbocycles. The Morgan fingerprint density at radius 1 is 0.450 bits per heavy atom. The number of thiophene rings is 1. The molecule has 0 fully saturated rings. The van der Waals surface area contributed by atoms with Crippen molar-refractivity contribution in [1.29, 1.82) is 0 Å².